The van der Waals surface area contributed by atoms with Crippen LogP contribution in [0.15, 0.2) is 4.40 Å². The molecule has 16 heavy (non-hydrogen) atoms. The van der Waals surface area contributed by atoms with Crippen molar-refractivity contribution in [2.45, 2.75) is 25.0 Å². The van der Waals surface area contributed by atoms with E-state index < -0.39 is 44.8 Å². The first-order valence-corrected chi connectivity index (χ1v) is 5.83. The highest BCUT2D eigenvalue weighted by atomic mass is 32.2. The van der Waals surface area contributed by atoms with E-state index in [4.69, 9.17) is 10.2 Å². The molecule has 1 heterocycles. The molecular formula is C8H11NO6S. The third-order valence-electron chi connectivity index (χ3n) is 2.68. The van der Waals surface area contributed by atoms with Crippen molar-refractivity contribution in [1.29, 1.82) is 0 Å². The minimum atomic E-state index is -4.12. The van der Waals surface area contributed by atoms with Crippen LogP contribution < -0.4 is 0 Å². The summed E-state index contributed by atoms with van der Waals surface area (Å²) in [5.74, 6) is -4.16. The predicted octanol–water partition coefficient (Wildman–Crippen LogP) is -0.275. The second-order valence-corrected chi connectivity index (χ2v) is 6.20. The zero-order valence-electron chi connectivity index (χ0n) is 8.67. The molecule has 90 valence electrons. The van der Waals surface area contributed by atoms with Gasteiger partial charge in [0.05, 0.1) is 5.92 Å². The highest BCUT2D eigenvalue weighted by Crippen LogP contribution is 2.35. The third-order valence-corrected chi connectivity index (χ3v) is 4.75. The Bertz CT molecular complexity index is 475. The van der Waals surface area contributed by atoms with Crippen LogP contribution in [-0.4, -0.2) is 41.0 Å². The van der Waals surface area contributed by atoms with Crippen LogP contribution in [-0.2, 0) is 19.6 Å². The van der Waals surface area contributed by atoms with Crippen molar-refractivity contribution in [2.75, 3.05) is 0 Å². The summed E-state index contributed by atoms with van der Waals surface area (Å²) in [6, 6.07) is 0. The number of aliphatic carboxylic acids is 2. The maximum absolute atomic E-state index is 11.6. The fraction of sp³-hybridized carbons (Fsp3) is 0.625. The van der Waals surface area contributed by atoms with E-state index in [9.17, 15) is 18.0 Å². The Labute approximate surface area is 91.9 Å². The molecule has 0 aromatic rings. The van der Waals surface area contributed by atoms with Gasteiger partial charge in [-0.05, 0) is 13.8 Å². The van der Waals surface area contributed by atoms with Gasteiger partial charge in [-0.15, -0.1) is 0 Å². The molecule has 0 saturated heterocycles. The zero-order valence-corrected chi connectivity index (χ0v) is 9.48. The van der Waals surface area contributed by atoms with Gasteiger partial charge in [0, 0.05) is 6.42 Å². The largest absolute Gasteiger partial charge is 0.481 e. The molecule has 1 atom stereocenters. The van der Waals surface area contributed by atoms with Crippen LogP contribution in [0.1, 0.15) is 20.3 Å². The van der Waals surface area contributed by atoms with E-state index in [1.54, 1.807) is 0 Å². The standard InChI is InChI=1S/C8H11NO6S/c1-8(2)4(6(10)11)3-5(7(12)13)9-16(8,14)15/h4H,3H2,1-2H3,(H,10,11)(H,12,13). The van der Waals surface area contributed by atoms with Crippen molar-refractivity contribution in [1.82, 2.24) is 0 Å². The Hall–Kier alpha value is -1.44. The fourth-order valence-electron chi connectivity index (χ4n) is 1.43. The van der Waals surface area contributed by atoms with Crippen molar-refractivity contribution >= 4 is 27.7 Å². The highest BCUT2D eigenvalue weighted by Gasteiger charge is 2.50. The van der Waals surface area contributed by atoms with Crippen LogP contribution in [0.5, 0.6) is 0 Å². The second-order valence-electron chi connectivity index (χ2n) is 4.02. The Kier molecular flexibility index (Phi) is 2.80. The summed E-state index contributed by atoms with van der Waals surface area (Å²) in [5, 5.41) is 17.5. The Balaban J connectivity index is 3.38. The summed E-state index contributed by atoms with van der Waals surface area (Å²) in [4.78, 5) is 21.5. The summed E-state index contributed by atoms with van der Waals surface area (Å²) in [5.41, 5.74) is -0.633. The lowest BCUT2D eigenvalue weighted by Gasteiger charge is -2.32. The lowest BCUT2D eigenvalue weighted by molar-refractivity contribution is -0.142. The molecule has 0 radical (unpaired) electrons. The number of rotatable bonds is 2. The number of carboxylic acids is 2. The summed E-state index contributed by atoms with van der Waals surface area (Å²) in [6.07, 6.45) is -0.392. The van der Waals surface area contributed by atoms with E-state index in [1.807, 2.05) is 0 Å². The molecule has 0 saturated carbocycles. The van der Waals surface area contributed by atoms with Gasteiger partial charge in [-0.2, -0.15) is 4.40 Å². The molecule has 0 aromatic carbocycles. The van der Waals surface area contributed by atoms with Gasteiger partial charge in [-0.25, -0.2) is 13.2 Å². The quantitative estimate of drug-likeness (QED) is 0.694. The molecule has 0 spiro atoms. The van der Waals surface area contributed by atoms with Crippen molar-refractivity contribution in [3.05, 3.63) is 0 Å². The van der Waals surface area contributed by atoms with Gasteiger partial charge >= 0.3 is 11.9 Å². The Morgan fingerprint density at radius 3 is 2.25 bits per heavy atom. The van der Waals surface area contributed by atoms with E-state index in [0.717, 1.165) is 0 Å². The molecule has 0 bridgehead atoms. The van der Waals surface area contributed by atoms with Gasteiger partial charge in [-0.3, -0.25) is 4.79 Å². The van der Waals surface area contributed by atoms with E-state index in [2.05, 4.69) is 4.40 Å². The first-order valence-electron chi connectivity index (χ1n) is 4.39. The molecule has 1 aliphatic heterocycles. The van der Waals surface area contributed by atoms with Gasteiger partial charge in [0.25, 0.3) is 10.0 Å². The monoisotopic (exact) mass is 249 g/mol. The number of hydrogen-bond acceptors (Lipinski definition) is 4. The average molecular weight is 249 g/mol. The summed E-state index contributed by atoms with van der Waals surface area (Å²) < 4.78 is 24.8. The maximum Gasteiger partial charge on any atom is 0.351 e. The van der Waals surface area contributed by atoms with Crippen LogP contribution in [0, 0.1) is 5.92 Å². The van der Waals surface area contributed by atoms with Crippen molar-refractivity contribution < 1.29 is 28.2 Å². The van der Waals surface area contributed by atoms with Crippen molar-refractivity contribution in [2.24, 2.45) is 10.3 Å². The highest BCUT2D eigenvalue weighted by molar-refractivity contribution is 7.91. The molecule has 0 amide bonds. The first kappa shape index (κ1) is 12.6. The first-order chi connectivity index (χ1) is 7.09. The molecule has 0 fully saturated rings. The SMILES string of the molecule is CC1(C)C(C(=O)O)CC(C(=O)O)=NS1(=O)=O. The van der Waals surface area contributed by atoms with Crippen molar-refractivity contribution in [3.8, 4) is 0 Å². The van der Waals surface area contributed by atoms with Crippen LogP contribution in [0.2, 0.25) is 0 Å². The van der Waals surface area contributed by atoms with Crippen molar-refractivity contribution in [3.63, 3.8) is 0 Å². The predicted molar refractivity (Wildman–Crippen MR) is 53.8 cm³/mol. The van der Waals surface area contributed by atoms with Gasteiger partial charge in [-0.1, -0.05) is 0 Å². The Morgan fingerprint density at radius 1 is 1.38 bits per heavy atom. The molecule has 1 aliphatic rings. The van der Waals surface area contributed by atoms with Crippen LogP contribution in [0.4, 0.5) is 0 Å². The minimum Gasteiger partial charge on any atom is -0.481 e. The molecule has 0 aliphatic carbocycles. The normalized spacial score (nSPS) is 26.9. The van der Waals surface area contributed by atoms with Gasteiger partial charge in [0.1, 0.15) is 10.5 Å². The smallest absolute Gasteiger partial charge is 0.351 e. The molecule has 1 rings (SSSR count). The molecular weight excluding hydrogens is 238 g/mol. The molecule has 7 nitrogen and oxygen atoms in total. The third kappa shape index (κ3) is 1.80. The number of sulfonamides is 1. The zero-order chi connectivity index (χ0) is 12.7. The van der Waals surface area contributed by atoms with E-state index in [1.165, 1.54) is 13.8 Å². The lowest BCUT2D eigenvalue weighted by atomic mass is 9.89. The van der Waals surface area contributed by atoms with E-state index >= 15 is 0 Å². The fourth-order valence-corrected chi connectivity index (χ4v) is 2.65. The second kappa shape index (κ2) is 3.55. The Morgan fingerprint density at radius 2 is 1.88 bits per heavy atom. The van der Waals surface area contributed by atoms with Gasteiger partial charge in [0.2, 0.25) is 0 Å². The molecule has 1 unspecified atom stereocenters. The number of nitrogens with zero attached hydrogens (tertiary/aromatic N) is 1. The number of hydrogen-bond donors (Lipinski definition) is 2. The number of carboxylic acid groups (broad SMARTS) is 2. The van der Waals surface area contributed by atoms with Gasteiger partial charge < -0.3 is 10.2 Å². The van der Waals surface area contributed by atoms with Gasteiger partial charge in [0.15, 0.2) is 0 Å². The minimum absolute atomic E-state index is 0.392. The van der Waals surface area contributed by atoms with Crippen LogP contribution >= 0.6 is 0 Å². The van der Waals surface area contributed by atoms with Crippen LogP contribution in [0.25, 0.3) is 0 Å². The maximum atomic E-state index is 11.6. The summed E-state index contributed by atoms with van der Waals surface area (Å²) in [7, 11) is -4.12. The lowest BCUT2D eigenvalue weighted by Crippen LogP contribution is -2.48. The number of carbonyl (C=O) groups is 2. The molecule has 8 heteroatoms. The van der Waals surface area contributed by atoms with E-state index in [0.29, 0.717) is 0 Å². The molecule has 2 N–H and O–H groups in total. The molecule has 0 aromatic heterocycles. The average Bonchev–Trinajstić information content (AvgIpc) is 2.08. The summed E-state index contributed by atoms with van der Waals surface area (Å²) >= 11 is 0. The van der Waals surface area contributed by atoms with E-state index in [-0.39, 0.29) is 0 Å². The van der Waals surface area contributed by atoms with Crippen LogP contribution in [0.3, 0.4) is 0 Å². The topological polar surface area (TPSA) is 121 Å². The summed E-state index contributed by atoms with van der Waals surface area (Å²) in [6.45, 7) is 2.45.